The summed E-state index contributed by atoms with van der Waals surface area (Å²) in [5.41, 5.74) is 7.34. The van der Waals surface area contributed by atoms with Crippen LogP contribution in [-0.4, -0.2) is 36.1 Å². The minimum Gasteiger partial charge on any atom is -0.465 e. The van der Waals surface area contributed by atoms with E-state index in [1.54, 1.807) is 0 Å². The van der Waals surface area contributed by atoms with Gasteiger partial charge in [0.1, 0.15) is 0 Å². The van der Waals surface area contributed by atoms with Gasteiger partial charge in [-0.3, -0.25) is 0 Å². The number of carbonyl (C=O) groups is 1. The van der Waals surface area contributed by atoms with Gasteiger partial charge in [-0.15, -0.1) is 0 Å². The summed E-state index contributed by atoms with van der Waals surface area (Å²) in [5.74, 6) is -0.292. The summed E-state index contributed by atoms with van der Waals surface area (Å²) in [7, 11) is 3.60. The van der Waals surface area contributed by atoms with Crippen molar-refractivity contribution in [1.29, 1.82) is 0 Å². The summed E-state index contributed by atoms with van der Waals surface area (Å²) in [5, 5.41) is 1.37. The van der Waals surface area contributed by atoms with E-state index in [4.69, 9.17) is 4.74 Å². The Balaban J connectivity index is 1.78. The quantitative estimate of drug-likeness (QED) is 0.676. The fourth-order valence-corrected chi connectivity index (χ4v) is 4.04. The van der Waals surface area contributed by atoms with Gasteiger partial charge in [-0.25, -0.2) is 4.79 Å². The fourth-order valence-electron chi connectivity index (χ4n) is 4.04. The van der Waals surface area contributed by atoms with Gasteiger partial charge in [-0.05, 0) is 42.8 Å². The second kappa shape index (κ2) is 6.61. The molecule has 3 aromatic rings. The van der Waals surface area contributed by atoms with Crippen LogP contribution in [0.15, 0.2) is 42.5 Å². The highest BCUT2D eigenvalue weighted by Crippen LogP contribution is 2.33. The van der Waals surface area contributed by atoms with Gasteiger partial charge < -0.3 is 14.2 Å². The Kier molecular flexibility index (Phi) is 4.29. The number of rotatable bonds is 3. The highest BCUT2D eigenvalue weighted by Gasteiger charge is 2.23. The zero-order valence-electron chi connectivity index (χ0n) is 15.6. The Morgan fingerprint density at radius 2 is 1.92 bits per heavy atom. The Labute approximate surface area is 154 Å². The lowest BCUT2D eigenvalue weighted by atomic mass is 10.0. The van der Waals surface area contributed by atoms with E-state index in [2.05, 4.69) is 41.6 Å². The molecule has 1 aromatic heterocycles. The van der Waals surface area contributed by atoms with Crippen LogP contribution in [0.25, 0.3) is 10.9 Å². The molecule has 1 aliphatic heterocycles. The van der Waals surface area contributed by atoms with Crippen LogP contribution < -0.4 is 0 Å². The molecule has 2 aromatic carbocycles. The van der Waals surface area contributed by atoms with Crippen LogP contribution in [0, 0.1) is 6.92 Å². The molecular formula is C22H24N2O2. The maximum Gasteiger partial charge on any atom is 0.337 e. The van der Waals surface area contributed by atoms with Gasteiger partial charge in [-0.1, -0.05) is 30.3 Å². The molecule has 0 aliphatic carbocycles. The van der Waals surface area contributed by atoms with Crippen molar-refractivity contribution in [1.82, 2.24) is 9.47 Å². The highest BCUT2D eigenvalue weighted by atomic mass is 16.5. The Morgan fingerprint density at radius 3 is 2.65 bits per heavy atom. The van der Waals surface area contributed by atoms with Crippen LogP contribution in [0.3, 0.4) is 0 Å². The summed E-state index contributed by atoms with van der Waals surface area (Å²) < 4.78 is 7.26. The van der Waals surface area contributed by atoms with E-state index in [-0.39, 0.29) is 5.97 Å². The first-order valence-corrected chi connectivity index (χ1v) is 9.04. The number of esters is 1. The third kappa shape index (κ3) is 2.80. The molecule has 4 rings (SSSR count). The molecule has 0 saturated carbocycles. The second-order valence-electron chi connectivity index (χ2n) is 7.16. The molecular weight excluding hydrogens is 324 g/mol. The zero-order valence-corrected chi connectivity index (χ0v) is 15.6. The summed E-state index contributed by atoms with van der Waals surface area (Å²) in [6.45, 7) is 5.10. The molecule has 0 bridgehead atoms. The van der Waals surface area contributed by atoms with Gasteiger partial charge in [0.05, 0.1) is 18.2 Å². The number of hydrogen-bond donors (Lipinski definition) is 0. The molecule has 26 heavy (non-hydrogen) atoms. The van der Waals surface area contributed by atoms with Crippen molar-refractivity contribution in [3.05, 3.63) is 70.4 Å². The predicted octanol–water partition coefficient (Wildman–Crippen LogP) is 3.77. The van der Waals surface area contributed by atoms with Crippen LogP contribution >= 0.6 is 0 Å². The third-order valence-corrected chi connectivity index (χ3v) is 5.38. The van der Waals surface area contributed by atoms with Crippen molar-refractivity contribution in [3.63, 3.8) is 0 Å². The molecule has 1 aliphatic rings. The van der Waals surface area contributed by atoms with E-state index >= 15 is 0 Å². The molecule has 4 heteroatoms. The maximum atomic E-state index is 11.7. The number of para-hydroxylation sites is 1. The largest absolute Gasteiger partial charge is 0.465 e. The smallest absolute Gasteiger partial charge is 0.337 e. The van der Waals surface area contributed by atoms with Crippen LogP contribution in [0.4, 0.5) is 0 Å². The van der Waals surface area contributed by atoms with E-state index in [0.29, 0.717) is 5.56 Å². The number of ether oxygens (including phenoxy) is 1. The van der Waals surface area contributed by atoms with Gasteiger partial charge in [0.25, 0.3) is 0 Å². The molecule has 0 fully saturated rings. The highest BCUT2D eigenvalue weighted by molar-refractivity contribution is 5.89. The molecule has 134 valence electrons. The Hall–Kier alpha value is -2.59. The zero-order chi connectivity index (χ0) is 18.3. The van der Waals surface area contributed by atoms with Crippen LogP contribution in [0.2, 0.25) is 0 Å². The van der Waals surface area contributed by atoms with E-state index in [9.17, 15) is 4.79 Å². The molecule has 0 amide bonds. The van der Waals surface area contributed by atoms with E-state index in [0.717, 1.165) is 26.1 Å². The molecule has 0 atom stereocenters. The van der Waals surface area contributed by atoms with Crippen LogP contribution in [0.1, 0.15) is 32.7 Å². The SMILES string of the molecule is COC(=O)c1ccc(Cn2c3c(c4cccc(C)c42)CN(C)CC3)cc1. The number of benzene rings is 2. The lowest BCUT2D eigenvalue weighted by molar-refractivity contribution is 0.0600. The van der Waals surface area contributed by atoms with Crippen LogP contribution in [0.5, 0.6) is 0 Å². The van der Waals surface area contributed by atoms with Crippen LogP contribution in [-0.2, 0) is 24.2 Å². The molecule has 0 spiro atoms. The normalized spacial score (nSPS) is 14.4. The summed E-state index contributed by atoms with van der Waals surface area (Å²) in [4.78, 5) is 14.0. The van der Waals surface area contributed by atoms with Crippen molar-refractivity contribution in [2.75, 3.05) is 20.7 Å². The maximum absolute atomic E-state index is 11.7. The van der Waals surface area contributed by atoms with Gasteiger partial charge in [0.2, 0.25) is 0 Å². The first-order valence-electron chi connectivity index (χ1n) is 9.04. The standard InChI is InChI=1S/C22H24N2O2/c1-15-5-4-6-18-19-14-23(2)12-11-20(19)24(21(15)18)13-16-7-9-17(10-8-16)22(25)26-3/h4-10H,11-14H2,1-3H3. The average molecular weight is 348 g/mol. The summed E-state index contributed by atoms with van der Waals surface area (Å²) in [6, 6.07) is 14.3. The molecule has 0 N–H and O–H groups in total. The number of nitrogens with zero attached hydrogens (tertiary/aromatic N) is 2. The molecule has 0 unspecified atom stereocenters. The van der Waals surface area contributed by atoms with Crippen molar-refractivity contribution >= 4 is 16.9 Å². The molecule has 2 heterocycles. The molecule has 0 saturated heterocycles. The van der Waals surface area contributed by atoms with Gasteiger partial charge in [0.15, 0.2) is 0 Å². The number of aromatic nitrogens is 1. The topological polar surface area (TPSA) is 34.5 Å². The monoisotopic (exact) mass is 348 g/mol. The lowest BCUT2D eigenvalue weighted by Gasteiger charge is -2.24. The van der Waals surface area contributed by atoms with Crippen molar-refractivity contribution in [2.45, 2.75) is 26.4 Å². The second-order valence-corrected chi connectivity index (χ2v) is 7.16. The number of hydrogen-bond acceptors (Lipinski definition) is 3. The van der Waals surface area contributed by atoms with Gasteiger partial charge in [-0.2, -0.15) is 0 Å². The number of carbonyl (C=O) groups excluding carboxylic acids is 1. The van der Waals surface area contributed by atoms with E-state index in [1.165, 1.54) is 40.4 Å². The number of methoxy groups -OCH3 is 1. The Morgan fingerprint density at radius 1 is 1.15 bits per heavy atom. The Bertz CT molecular complexity index is 970. The number of fused-ring (bicyclic) bond motifs is 3. The molecule has 0 radical (unpaired) electrons. The molecule has 4 nitrogen and oxygen atoms in total. The van der Waals surface area contributed by atoms with Gasteiger partial charge in [0, 0.05) is 37.1 Å². The van der Waals surface area contributed by atoms with Crippen molar-refractivity contribution in [3.8, 4) is 0 Å². The summed E-state index contributed by atoms with van der Waals surface area (Å²) >= 11 is 0. The minimum absolute atomic E-state index is 0.292. The summed E-state index contributed by atoms with van der Waals surface area (Å²) in [6.07, 6.45) is 1.07. The number of likely N-dealkylation sites (N-methyl/N-ethyl adjacent to an activating group) is 1. The van der Waals surface area contributed by atoms with E-state index < -0.39 is 0 Å². The first kappa shape index (κ1) is 16.9. The fraction of sp³-hybridized carbons (Fsp3) is 0.318. The minimum atomic E-state index is -0.292. The average Bonchev–Trinajstić information content (AvgIpc) is 2.96. The van der Waals surface area contributed by atoms with Gasteiger partial charge >= 0.3 is 5.97 Å². The first-order chi connectivity index (χ1) is 12.6. The predicted molar refractivity (Wildman–Crippen MR) is 104 cm³/mol. The van der Waals surface area contributed by atoms with Crippen molar-refractivity contribution < 1.29 is 9.53 Å². The lowest BCUT2D eigenvalue weighted by Crippen LogP contribution is -2.27. The number of aryl methyl sites for hydroxylation is 1. The third-order valence-electron chi connectivity index (χ3n) is 5.38. The van der Waals surface area contributed by atoms with E-state index in [1.807, 2.05) is 24.3 Å². The van der Waals surface area contributed by atoms with Crippen molar-refractivity contribution in [2.24, 2.45) is 0 Å².